The standard InChI is InChI=1S/C36H44F3N7O6/c1-36(2,3)52-35(50)40-12-15-44-13-10-22(11-14-44)33(48)45-16-18-46(19-17-45)34(49)24-7-6-23(20-26(24)37)42-32(47)31-41-21-27(43(31)4)25-8-9-28(51-5)30(39)29(25)38/h6-9,20-22H,10-19H2,1-5H3,(H,40,50)(H,42,47). The summed E-state index contributed by atoms with van der Waals surface area (Å²) in [5.74, 6) is -4.93. The summed E-state index contributed by atoms with van der Waals surface area (Å²) in [6.07, 6.45) is 2.15. The van der Waals surface area contributed by atoms with Gasteiger partial charge in [-0.2, -0.15) is 4.39 Å². The molecule has 0 aliphatic carbocycles. The van der Waals surface area contributed by atoms with Gasteiger partial charge in [-0.3, -0.25) is 14.4 Å². The van der Waals surface area contributed by atoms with Gasteiger partial charge < -0.3 is 39.4 Å². The number of methoxy groups -OCH3 is 1. The van der Waals surface area contributed by atoms with Crippen LogP contribution in [-0.4, -0.2) is 113 Å². The van der Waals surface area contributed by atoms with Crippen LogP contribution in [0.5, 0.6) is 5.75 Å². The average molecular weight is 728 g/mol. The summed E-state index contributed by atoms with van der Waals surface area (Å²) >= 11 is 0. The van der Waals surface area contributed by atoms with Gasteiger partial charge in [-0.25, -0.2) is 18.6 Å². The fourth-order valence-electron chi connectivity index (χ4n) is 6.30. The molecule has 2 N–H and O–H groups in total. The second-order valence-corrected chi connectivity index (χ2v) is 13.8. The Hall–Kier alpha value is -5.12. The number of piperazine rings is 1. The Kier molecular flexibility index (Phi) is 11.8. The Morgan fingerprint density at radius 2 is 1.60 bits per heavy atom. The number of carbonyl (C=O) groups is 4. The van der Waals surface area contributed by atoms with Gasteiger partial charge >= 0.3 is 6.09 Å². The second kappa shape index (κ2) is 16.0. The average Bonchev–Trinajstić information content (AvgIpc) is 3.49. The van der Waals surface area contributed by atoms with Crippen LogP contribution in [-0.2, 0) is 16.6 Å². The Bertz CT molecular complexity index is 1810. The molecule has 0 bridgehead atoms. The van der Waals surface area contributed by atoms with E-state index >= 15 is 4.39 Å². The molecule has 2 aliphatic heterocycles. The lowest BCUT2D eigenvalue weighted by atomic mass is 9.95. The summed E-state index contributed by atoms with van der Waals surface area (Å²) in [6.45, 7) is 9.15. The van der Waals surface area contributed by atoms with E-state index in [2.05, 4.69) is 20.5 Å². The van der Waals surface area contributed by atoms with Gasteiger partial charge in [0.05, 0.1) is 24.6 Å². The third kappa shape index (κ3) is 8.84. The normalized spacial score (nSPS) is 15.7. The Labute approximate surface area is 300 Å². The number of alkyl carbamates (subject to hydrolysis) is 1. The Morgan fingerprint density at radius 1 is 0.923 bits per heavy atom. The number of anilines is 1. The molecule has 0 unspecified atom stereocenters. The molecular formula is C36H44F3N7O6. The first-order valence-corrected chi connectivity index (χ1v) is 17.1. The van der Waals surface area contributed by atoms with E-state index in [9.17, 15) is 28.0 Å². The van der Waals surface area contributed by atoms with Crippen LogP contribution in [0.4, 0.5) is 23.7 Å². The number of aromatic nitrogens is 2. The summed E-state index contributed by atoms with van der Waals surface area (Å²) in [7, 11) is 2.67. The van der Waals surface area contributed by atoms with Gasteiger partial charge in [0.25, 0.3) is 11.8 Å². The van der Waals surface area contributed by atoms with E-state index in [0.29, 0.717) is 39.0 Å². The van der Waals surface area contributed by atoms with E-state index in [4.69, 9.17) is 9.47 Å². The van der Waals surface area contributed by atoms with Gasteiger partial charge in [0.2, 0.25) is 11.7 Å². The maximum Gasteiger partial charge on any atom is 0.407 e. The summed E-state index contributed by atoms with van der Waals surface area (Å²) in [6, 6.07) is 6.25. The highest BCUT2D eigenvalue weighted by atomic mass is 19.2. The molecule has 0 radical (unpaired) electrons. The van der Waals surface area contributed by atoms with Crippen molar-refractivity contribution in [1.29, 1.82) is 0 Å². The SMILES string of the molecule is COc1ccc(-c2cnc(C(=O)Nc3ccc(C(=O)N4CCN(C(=O)C5CCN(CCNC(=O)OC(C)(C)C)CC5)CC4)c(F)c3)n2C)c(F)c1F. The third-order valence-electron chi connectivity index (χ3n) is 9.10. The lowest BCUT2D eigenvalue weighted by Crippen LogP contribution is -2.53. The van der Waals surface area contributed by atoms with Crippen LogP contribution < -0.4 is 15.4 Å². The minimum atomic E-state index is -1.18. The van der Waals surface area contributed by atoms with Crippen molar-refractivity contribution in [2.75, 3.05) is 64.8 Å². The first-order valence-electron chi connectivity index (χ1n) is 17.1. The molecule has 3 heterocycles. The van der Waals surface area contributed by atoms with Gasteiger partial charge in [-0.15, -0.1) is 0 Å². The van der Waals surface area contributed by atoms with Crippen molar-refractivity contribution in [2.24, 2.45) is 13.0 Å². The smallest absolute Gasteiger partial charge is 0.407 e. The van der Waals surface area contributed by atoms with E-state index in [1.54, 1.807) is 25.7 Å². The molecule has 2 saturated heterocycles. The van der Waals surface area contributed by atoms with Crippen LogP contribution in [0.2, 0.25) is 0 Å². The minimum absolute atomic E-state index is 0.0473. The number of halogens is 3. The molecule has 0 spiro atoms. The van der Waals surface area contributed by atoms with Gasteiger partial charge in [0.1, 0.15) is 11.4 Å². The van der Waals surface area contributed by atoms with Crippen molar-refractivity contribution in [3.05, 3.63) is 65.4 Å². The monoisotopic (exact) mass is 727 g/mol. The number of imidazole rings is 1. The fraction of sp³-hybridized carbons (Fsp3) is 0.472. The number of ether oxygens (including phenoxy) is 2. The van der Waals surface area contributed by atoms with Crippen molar-refractivity contribution in [3.8, 4) is 17.0 Å². The third-order valence-corrected chi connectivity index (χ3v) is 9.10. The van der Waals surface area contributed by atoms with E-state index in [1.807, 2.05) is 0 Å². The van der Waals surface area contributed by atoms with E-state index < -0.39 is 41.0 Å². The molecule has 2 aromatic carbocycles. The van der Waals surface area contributed by atoms with E-state index in [-0.39, 0.29) is 59.0 Å². The number of nitrogens with one attached hydrogen (secondary N) is 2. The molecule has 0 atom stereocenters. The summed E-state index contributed by atoms with van der Waals surface area (Å²) in [4.78, 5) is 60.9. The molecule has 4 amide bonds. The number of nitrogens with zero attached hydrogens (tertiary/aromatic N) is 5. The quantitative estimate of drug-likeness (QED) is 0.333. The lowest BCUT2D eigenvalue weighted by molar-refractivity contribution is -0.138. The van der Waals surface area contributed by atoms with Crippen LogP contribution >= 0.6 is 0 Å². The summed E-state index contributed by atoms with van der Waals surface area (Å²) in [5, 5.41) is 5.28. The number of hydrogen-bond donors (Lipinski definition) is 2. The van der Waals surface area contributed by atoms with Gasteiger partial charge in [-0.1, -0.05) is 0 Å². The zero-order valence-electron chi connectivity index (χ0n) is 29.9. The first kappa shape index (κ1) is 38.1. The number of carbonyl (C=O) groups excluding carboxylic acids is 4. The fourth-order valence-corrected chi connectivity index (χ4v) is 6.30. The molecule has 280 valence electrons. The number of benzene rings is 2. The van der Waals surface area contributed by atoms with Crippen molar-refractivity contribution in [3.63, 3.8) is 0 Å². The molecule has 2 fully saturated rings. The van der Waals surface area contributed by atoms with E-state index in [0.717, 1.165) is 19.2 Å². The predicted octanol–water partition coefficient (Wildman–Crippen LogP) is 4.29. The highest BCUT2D eigenvalue weighted by molar-refractivity contribution is 6.03. The summed E-state index contributed by atoms with van der Waals surface area (Å²) in [5.41, 5.74) is -0.678. The van der Waals surface area contributed by atoms with Gasteiger partial charge in [-0.05, 0) is 77.0 Å². The molecule has 2 aliphatic rings. The zero-order valence-corrected chi connectivity index (χ0v) is 29.9. The molecule has 13 nitrogen and oxygen atoms in total. The van der Waals surface area contributed by atoms with Crippen LogP contribution in [0.25, 0.3) is 11.3 Å². The van der Waals surface area contributed by atoms with Crippen molar-refractivity contribution < 1.29 is 41.8 Å². The van der Waals surface area contributed by atoms with Crippen LogP contribution in [0.1, 0.15) is 54.6 Å². The highest BCUT2D eigenvalue weighted by Gasteiger charge is 2.32. The second-order valence-electron chi connectivity index (χ2n) is 13.8. The molecule has 3 aromatic rings. The first-order chi connectivity index (χ1) is 24.7. The maximum atomic E-state index is 15.2. The van der Waals surface area contributed by atoms with E-state index in [1.165, 1.54) is 54.1 Å². The molecule has 1 aromatic heterocycles. The Balaban J connectivity index is 1.09. The number of amides is 4. The van der Waals surface area contributed by atoms with Crippen molar-refractivity contribution in [1.82, 2.24) is 29.6 Å². The van der Waals surface area contributed by atoms with Crippen LogP contribution in [0, 0.1) is 23.4 Å². The maximum absolute atomic E-state index is 15.2. The largest absolute Gasteiger partial charge is 0.494 e. The molecular weight excluding hydrogens is 683 g/mol. The zero-order chi connectivity index (χ0) is 37.7. The molecule has 52 heavy (non-hydrogen) atoms. The summed E-state index contributed by atoms with van der Waals surface area (Å²) < 4.78 is 55.5. The van der Waals surface area contributed by atoms with Crippen molar-refractivity contribution >= 4 is 29.5 Å². The lowest BCUT2D eigenvalue weighted by Gasteiger charge is -2.38. The minimum Gasteiger partial charge on any atom is -0.494 e. The number of hydrogen-bond acceptors (Lipinski definition) is 8. The number of piperidine rings is 1. The topological polar surface area (TPSA) is 138 Å². The molecule has 5 rings (SSSR count). The molecule has 0 saturated carbocycles. The predicted molar refractivity (Wildman–Crippen MR) is 185 cm³/mol. The van der Waals surface area contributed by atoms with Crippen molar-refractivity contribution in [2.45, 2.75) is 39.2 Å². The Morgan fingerprint density at radius 3 is 2.23 bits per heavy atom. The van der Waals surface area contributed by atoms with Crippen LogP contribution in [0.3, 0.4) is 0 Å². The van der Waals surface area contributed by atoms with Gasteiger partial charge in [0.15, 0.2) is 17.4 Å². The van der Waals surface area contributed by atoms with Gasteiger partial charge in [0, 0.05) is 63.5 Å². The number of rotatable bonds is 9. The number of likely N-dealkylation sites (tertiary alicyclic amines) is 1. The highest BCUT2D eigenvalue weighted by Crippen LogP contribution is 2.30. The molecule has 16 heteroatoms. The van der Waals surface area contributed by atoms with Crippen LogP contribution in [0.15, 0.2) is 36.5 Å².